The van der Waals surface area contributed by atoms with Crippen molar-refractivity contribution in [2.24, 2.45) is 0 Å². The van der Waals surface area contributed by atoms with Gasteiger partial charge >= 0.3 is 6.18 Å². The second-order valence-electron chi connectivity index (χ2n) is 7.50. The number of hydrogen-bond donors (Lipinski definition) is 1. The molecule has 3 amide bonds. The highest BCUT2D eigenvalue weighted by atomic mass is 32.2. The quantitative estimate of drug-likeness (QED) is 0.585. The fourth-order valence-electron chi connectivity index (χ4n) is 3.45. The molecule has 186 valence electrons. The van der Waals surface area contributed by atoms with Crippen LogP contribution in [0.15, 0.2) is 39.7 Å². The SMILES string of the molecule is COc1ccc(C(F)(F)F)cc1NC(=O)CN1C(=O)S/C(=C\c2ccc(N3CCOCC3)o2)C1=O. The third kappa shape index (κ3) is 5.62. The minimum Gasteiger partial charge on any atom is -0.495 e. The molecule has 1 aromatic carbocycles. The highest BCUT2D eigenvalue weighted by molar-refractivity contribution is 8.18. The highest BCUT2D eigenvalue weighted by Crippen LogP contribution is 2.36. The Kier molecular flexibility index (Phi) is 7.08. The number of imide groups is 1. The smallest absolute Gasteiger partial charge is 0.416 e. The van der Waals surface area contributed by atoms with Gasteiger partial charge in [0, 0.05) is 25.2 Å². The van der Waals surface area contributed by atoms with E-state index in [0.717, 1.165) is 12.1 Å². The molecule has 9 nitrogen and oxygen atoms in total. The van der Waals surface area contributed by atoms with Crippen LogP contribution in [0.2, 0.25) is 0 Å². The number of nitrogens with one attached hydrogen (secondary N) is 1. The molecule has 35 heavy (non-hydrogen) atoms. The van der Waals surface area contributed by atoms with Gasteiger partial charge in [-0.05, 0) is 36.0 Å². The summed E-state index contributed by atoms with van der Waals surface area (Å²) in [6.07, 6.45) is -3.22. The van der Waals surface area contributed by atoms with Crippen molar-refractivity contribution < 1.29 is 41.4 Å². The number of furan rings is 1. The van der Waals surface area contributed by atoms with Crippen LogP contribution in [0.1, 0.15) is 11.3 Å². The van der Waals surface area contributed by atoms with Crippen molar-refractivity contribution in [1.82, 2.24) is 4.90 Å². The molecule has 0 aliphatic carbocycles. The minimum absolute atomic E-state index is 0.00530. The van der Waals surface area contributed by atoms with Gasteiger partial charge in [-0.25, -0.2) is 0 Å². The summed E-state index contributed by atoms with van der Waals surface area (Å²) < 4.78 is 55.1. The molecule has 2 fully saturated rings. The lowest BCUT2D eigenvalue weighted by molar-refractivity contribution is -0.137. The lowest BCUT2D eigenvalue weighted by Gasteiger charge is -2.26. The maximum atomic E-state index is 13.0. The van der Waals surface area contributed by atoms with E-state index in [1.54, 1.807) is 12.1 Å². The van der Waals surface area contributed by atoms with E-state index in [1.807, 2.05) is 4.90 Å². The zero-order chi connectivity index (χ0) is 25.2. The molecule has 2 saturated heterocycles. The molecule has 0 unspecified atom stereocenters. The van der Waals surface area contributed by atoms with Crippen LogP contribution in [-0.4, -0.2) is 61.9 Å². The van der Waals surface area contributed by atoms with E-state index in [2.05, 4.69) is 5.32 Å². The average molecular weight is 511 g/mol. The largest absolute Gasteiger partial charge is 0.495 e. The summed E-state index contributed by atoms with van der Waals surface area (Å²) >= 11 is 0.635. The van der Waals surface area contributed by atoms with Gasteiger partial charge < -0.3 is 24.1 Å². The van der Waals surface area contributed by atoms with Gasteiger partial charge in [-0.1, -0.05) is 0 Å². The van der Waals surface area contributed by atoms with E-state index >= 15 is 0 Å². The Balaban J connectivity index is 1.44. The van der Waals surface area contributed by atoms with E-state index in [-0.39, 0.29) is 16.3 Å². The first-order valence-electron chi connectivity index (χ1n) is 10.4. The van der Waals surface area contributed by atoms with Crippen LogP contribution in [0, 0.1) is 0 Å². The van der Waals surface area contributed by atoms with E-state index < -0.39 is 35.3 Å². The number of carbonyl (C=O) groups excluding carboxylic acids is 3. The fourth-order valence-corrected chi connectivity index (χ4v) is 4.27. The number of ether oxygens (including phenoxy) is 2. The number of hydrogen-bond acceptors (Lipinski definition) is 8. The Bertz CT molecular complexity index is 1170. The summed E-state index contributed by atoms with van der Waals surface area (Å²) in [7, 11) is 1.23. The van der Waals surface area contributed by atoms with Crippen molar-refractivity contribution in [3.8, 4) is 5.75 Å². The molecule has 1 N–H and O–H groups in total. The lowest BCUT2D eigenvalue weighted by Crippen LogP contribution is -2.36. The third-order valence-electron chi connectivity index (χ3n) is 5.18. The Morgan fingerprint density at radius 2 is 1.94 bits per heavy atom. The monoisotopic (exact) mass is 511 g/mol. The van der Waals surface area contributed by atoms with Gasteiger partial charge in [0.25, 0.3) is 11.1 Å². The van der Waals surface area contributed by atoms with Gasteiger partial charge in [0.1, 0.15) is 18.1 Å². The normalized spacial score (nSPS) is 17.9. The number of carbonyl (C=O) groups is 3. The summed E-state index contributed by atoms with van der Waals surface area (Å²) in [6, 6.07) is 6.00. The van der Waals surface area contributed by atoms with Crippen LogP contribution in [-0.2, 0) is 20.5 Å². The van der Waals surface area contributed by atoms with Gasteiger partial charge in [-0.3, -0.25) is 19.3 Å². The molecule has 4 rings (SSSR count). The Morgan fingerprint density at radius 1 is 1.20 bits per heavy atom. The van der Waals surface area contributed by atoms with Crippen LogP contribution in [0.3, 0.4) is 0 Å². The number of nitrogens with zero attached hydrogens (tertiary/aromatic N) is 2. The molecule has 0 atom stereocenters. The molecule has 1 aromatic heterocycles. The van der Waals surface area contributed by atoms with Crippen LogP contribution >= 0.6 is 11.8 Å². The summed E-state index contributed by atoms with van der Waals surface area (Å²) in [5.74, 6) is -0.619. The number of amides is 3. The Hall–Kier alpha value is -3.45. The molecule has 2 aromatic rings. The Labute approximate surface area is 201 Å². The van der Waals surface area contributed by atoms with Crippen molar-refractivity contribution in [3.63, 3.8) is 0 Å². The van der Waals surface area contributed by atoms with Crippen molar-refractivity contribution >= 4 is 46.5 Å². The number of rotatable bonds is 6. The average Bonchev–Trinajstić information content (AvgIpc) is 3.39. The molecule has 0 bridgehead atoms. The molecule has 0 radical (unpaired) electrons. The first-order chi connectivity index (χ1) is 16.7. The third-order valence-corrected chi connectivity index (χ3v) is 6.09. The zero-order valence-corrected chi connectivity index (χ0v) is 19.2. The molecule has 0 spiro atoms. The molecule has 2 aliphatic heterocycles. The van der Waals surface area contributed by atoms with E-state index in [4.69, 9.17) is 13.9 Å². The standard InChI is InChI=1S/C22H20F3N3O6S/c1-32-16-4-2-13(22(23,24)25)10-15(16)26-18(29)12-28-20(30)17(35-21(28)31)11-14-3-5-19(34-14)27-6-8-33-9-7-27/h2-5,10-11H,6-9,12H2,1H3,(H,26,29)/b17-11-. The van der Waals surface area contributed by atoms with Gasteiger partial charge in [-0.2, -0.15) is 13.2 Å². The van der Waals surface area contributed by atoms with Crippen molar-refractivity contribution in [2.45, 2.75) is 6.18 Å². The fraction of sp³-hybridized carbons (Fsp3) is 0.318. The second-order valence-corrected chi connectivity index (χ2v) is 8.50. The molecule has 3 heterocycles. The number of thioether (sulfide) groups is 1. The number of anilines is 2. The zero-order valence-electron chi connectivity index (χ0n) is 18.4. The van der Waals surface area contributed by atoms with Gasteiger partial charge in [-0.15, -0.1) is 0 Å². The van der Waals surface area contributed by atoms with E-state index in [0.29, 0.717) is 60.7 Å². The number of methoxy groups -OCH3 is 1. The van der Waals surface area contributed by atoms with Gasteiger partial charge in [0.05, 0.1) is 36.5 Å². The van der Waals surface area contributed by atoms with Crippen molar-refractivity contribution in [2.75, 3.05) is 50.2 Å². The lowest BCUT2D eigenvalue weighted by atomic mass is 10.1. The number of halogens is 3. The van der Waals surface area contributed by atoms with Crippen molar-refractivity contribution in [3.05, 3.63) is 46.6 Å². The van der Waals surface area contributed by atoms with Gasteiger partial charge in [0.2, 0.25) is 5.91 Å². The molecular weight excluding hydrogens is 491 g/mol. The van der Waals surface area contributed by atoms with E-state index in [1.165, 1.54) is 13.2 Å². The van der Waals surface area contributed by atoms with Crippen molar-refractivity contribution in [1.29, 1.82) is 0 Å². The first-order valence-corrected chi connectivity index (χ1v) is 11.2. The topological polar surface area (TPSA) is 101 Å². The summed E-state index contributed by atoms with van der Waals surface area (Å²) in [5, 5.41) is 1.59. The van der Waals surface area contributed by atoms with Crippen LogP contribution in [0.4, 0.5) is 29.5 Å². The maximum absolute atomic E-state index is 13.0. The minimum atomic E-state index is -4.63. The summed E-state index contributed by atoms with van der Waals surface area (Å²) in [6.45, 7) is 1.79. The maximum Gasteiger partial charge on any atom is 0.416 e. The molecule has 0 saturated carbocycles. The molecule has 2 aliphatic rings. The molecular formula is C22H20F3N3O6S. The van der Waals surface area contributed by atoms with Crippen LogP contribution < -0.4 is 15.0 Å². The predicted molar refractivity (Wildman–Crippen MR) is 121 cm³/mol. The molecule has 13 heteroatoms. The summed E-state index contributed by atoms with van der Waals surface area (Å²) in [4.78, 5) is 40.3. The second kappa shape index (κ2) is 10.0. The number of alkyl halides is 3. The highest BCUT2D eigenvalue weighted by Gasteiger charge is 2.37. The number of morpholine rings is 1. The predicted octanol–water partition coefficient (Wildman–Crippen LogP) is 3.82. The number of benzene rings is 1. The van der Waals surface area contributed by atoms with Gasteiger partial charge in [0.15, 0.2) is 5.88 Å². The van der Waals surface area contributed by atoms with Crippen LogP contribution in [0.5, 0.6) is 5.75 Å². The van der Waals surface area contributed by atoms with Crippen LogP contribution in [0.25, 0.3) is 6.08 Å². The summed E-state index contributed by atoms with van der Waals surface area (Å²) in [5.41, 5.74) is -1.22. The van der Waals surface area contributed by atoms with E-state index in [9.17, 15) is 27.6 Å². The first kappa shape index (κ1) is 24.7. The Morgan fingerprint density at radius 3 is 2.63 bits per heavy atom.